The van der Waals surface area contributed by atoms with Gasteiger partial charge in [-0.3, -0.25) is 9.59 Å². The van der Waals surface area contributed by atoms with Crippen LogP contribution in [0.5, 0.6) is 0 Å². The Morgan fingerprint density at radius 2 is 1.81 bits per heavy atom. The van der Waals surface area contributed by atoms with Crippen molar-refractivity contribution >= 4 is 17.7 Å². The Kier molecular flexibility index (Phi) is 6.51. The number of rotatable bonds is 5. The maximum absolute atomic E-state index is 11.1. The van der Waals surface area contributed by atoms with Gasteiger partial charge >= 0.3 is 11.9 Å². The number of ether oxygens (including phenoxy) is 2. The van der Waals surface area contributed by atoms with Gasteiger partial charge in [0.05, 0.1) is 7.11 Å². The molecule has 0 aliphatic heterocycles. The van der Waals surface area contributed by atoms with Gasteiger partial charge in [0, 0.05) is 12.5 Å². The van der Waals surface area contributed by atoms with Crippen molar-refractivity contribution < 1.29 is 23.9 Å². The van der Waals surface area contributed by atoms with Crippen LogP contribution in [0.2, 0.25) is 0 Å². The average molecular weight is 226 g/mol. The molecule has 0 N–H and O–H groups in total. The molecule has 0 saturated heterocycles. The first-order chi connectivity index (χ1) is 7.47. The van der Waals surface area contributed by atoms with Gasteiger partial charge in [-0.1, -0.05) is 12.2 Å². The van der Waals surface area contributed by atoms with E-state index in [0.29, 0.717) is 5.57 Å². The minimum absolute atomic E-state index is 0.295. The molecule has 0 amide bonds. The maximum Gasteiger partial charge on any atom is 0.333 e. The van der Waals surface area contributed by atoms with Gasteiger partial charge in [0.2, 0.25) is 0 Å². The topological polar surface area (TPSA) is 69.7 Å². The van der Waals surface area contributed by atoms with Crippen LogP contribution in [-0.4, -0.2) is 31.4 Å². The van der Waals surface area contributed by atoms with Crippen molar-refractivity contribution in [2.75, 3.05) is 13.7 Å². The number of carbonyl (C=O) groups is 3. The van der Waals surface area contributed by atoms with Crippen molar-refractivity contribution in [3.63, 3.8) is 0 Å². The predicted octanol–water partition coefficient (Wildman–Crippen LogP) is 0.794. The van der Waals surface area contributed by atoms with E-state index in [-0.39, 0.29) is 12.4 Å². The summed E-state index contributed by atoms with van der Waals surface area (Å²) in [7, 11) is 1.27. The smallest absolute Gasteiger partial charge is 0.333 e. The Morgan fingerprint density at radius 3 is 2.31 bits per heavy atom. The van der Waals surface area contributed by atoms with Crippen molar-refractivity contribution in [1.82, 2.24) is 0 Å². The van der Waals surface area contributed by atoms with E-state index in [4.69, 9.17) is 0 Å². The summed E-state index contributed by atoms with van der Waals surface area (Å²) in [6, 6.07) is 0. The van der Waals surface area contributed by atoms with Crippen molar-refractivity contribution in [2.45, 2.75) is 13.8 Å². The summed E-state index contributed by atoms with van der Waals surface area (Å²) < 4.78 is 8.93. The monoisotopic (exact) mass is 226 g/mol. The first-order valence-corrected chi connectivity index (χ1v) is 4.57. The van der Waals surface area contributed by atoms with E-state index < -0.39 is 11.9 Å². The van der Waals surface area contributed by atoms with Crippen molar-refractivity contribution in [1.29, 1.82) is 0 Å². The molecule has 0 heterocycles. The summed E-state index contributed by atoms with van der Waals surface area (Å²) in [6.07, 6.45) is 4.06. The molecule has 88 valence electrons. The van der Waals surface area contributed by atoms with Crippen LogP contribution in [0, 0.1) is 0 Å². The number of esters is 2. The molecule has 0 aliphatic carbocycles. The molecule has 0 unspecified atom stereocenters. The molecule has 0 aromatic rings. The van der Waals surface area contributed by atoms with Gasteiger partial charge in [0.15, 0.2) is 12.4 Å². The molecular weight excluding hydrogens is 212 g/mol. The molecule has 0 aromatic heterocycles. The fourth-order valence-corrected chi connectivity index (χ4v) is 0.750. The Balaban J connectivity index is 4.14. The summed E-state index contributed by atoms with van der Waals surface area (Å²) in [6.45, 7) is 2.49. The molecule has 0 radical (unpaired) electrons. The Bertz CT molecular complexity index is 338. The lowest BCUT2D eigenvalue weighted by molar-refractivity contribution is -0.144. The summed E-state index contributed by atoms with van der Waals surface area (Å²) >= 11 is 0. The molecule has 0 fully saturated rings. The Labute approximate surface area is 93.7 Å². The third kappa shape index (κ3) is 6.53. The van der Waals surface area contributed by atoms with E-state index in [1.54, 1.807) is 6.92 Å². The summed E-state index contributed by atoms with van der Waals surface area (Å²) in [4.78, 5) is 32.4. The van der Waals surface area contributed by atoms with Crippen LogP contribution in [0.25, 0.3) is 0 Å². The predicted molar refractivity (Wildman–Crippen MR) is 56.6 cm³/mol. The number of hydrogen-bond donors (Lipinski definition) is 0. The van der Waals surface area contributed by atoms with Gasteiger partial charge in [-0.2, -0.15) is 0 Å². The number of hydrogen-bond acceptors (Lipinski definition) is 5. The number of ketones is 1. The quantitative estimate of drug-likeness (QED) is 0.394. The van der Waals surface area contributed by atoms with E-state index in [1.165, 1.54) is 32.3 Å². The largest absolute Gasteiger partial charge is 0.466 e. The third-order valence-electron chi connectivity index (χ3n) is 1.55. The van der Waals surface area contributed by atoms with Gasteiger partial charge in [-0.15, -0.1) is 0 Å². The number of methoxy groups -OCH3 is 1. The standard InChI is InChI=1S/C11H14O5/c1-8(11(14)15-3)5-4-6-10(13)7-16-9(2)12/h4-6H,7H2,1-3H3/b6-4+,8-5+. The summed E-state index contributed by atoms with van der Waals surface area (Å²) in [5, 5.41) is 0. The van der Waals surface area contributed by atoms with E-state index in [9.17, 15) is 14.4 Å². The van der Waals surface area contributed by atoms with E-state index >= 15 is 0 Å². The van der Waals surface area contributed by atoms with Crippen LogP contribution in [-0.2, 0) is 23.9 Å². The average Bonchev–Trinajstić information content (AvgIpc) is 2.24. The lowest BCUT2D eigenvalue weighted by atomic mass is 10.2. The second kappa shape index (κ2) is 7.39. The van der Waals surface area contributed by atoms with Gasteiger partial charge < -0.3 is 9.47 Å². The minimum atomic E-state index is -0.511. The van der Waals surface area contributed by atoms with Crippen LogP contribution < -0.4 is 0 Å². The highest BCUT2D eigenvalue weighted by Gasteiger charge is 2.01. The normalized spacial score (nSPS) is 11.3. The van der Waals surface area contributed by atoms with Crippen molar-refractivity contribution in [3.05, 3.63) is 23.8 Å². The lowest BCUT2D eigenvalue weighted by Gasteiger charge is -1.96. The summed E-state index contributed by atoms with van der Waals surface area (Å²) in [5.41, 5.74) is 0.374. The van der Waals surface area contributed by atoms with E-state index in [2.05, 4.69) is 9.47 Å². The van der Waals surface area contributed by atoms with E-state index in [0.717, 1.165) is 0 Å². The van der Waals surface area contributed by atoms with Crippen LogP contribution >= 0.6 is 0 Å². The summed E-state index contributed by atoms with van der Waals surface area (Å²) in [5.74, 6) is -1.33. The minimum Gasteiger partial charge on any atom is -0.466 e. The van der Waals surface area contributed by atoms with Crippen LogP contribution in [0.3, 0.4) is 0 Å². The molecule has 5 heteroatoms. The molecule has 0 rings (SSSR count). The Morgan fingerprint density at radius 1 is 1.19 bits per heavy atom. The zero-order chi connectivity index (χ0) is 12.6. The molecule has 0 saturated carbocycles. The molecule has 16 heavy (non-hydrogen) atoms. The molecule has 0 aliphatic rings. The van der Waals surface area contributed by atoms with Gasteiger partial charge in [0.25, 0.3) is 0 Å². The van der Waals surface area contributed by atoms with Crippen molar-refractivity contribution in [3.8, 4) is 0 Å². The number of carbonyl (C=O) groups excluding carboxylic acids is 3. The zero-order valence-corrected chi connectivity index (χ0v) is 9.48. The maximum atomic E-state index is 11.1. The third-order valence-corrected chi connectivity index (χ3v) is 1.55. The molecule has 0 bridgehead atoms. The molecule has 0 spiro atoms. The first kappa shape index (κ1) is 14.1. The SMILES string of the molecule is COC(=O)/C(C)=C/C=C/C(=O)COC(C)=O. The van der Waals surface area contributed by atoms with Gasteiger partial charge in [-0.25, -0.2) is 4.79 Å². The second-order valence-electron chi connectivity index (χ2n) is 2.95. The van der Waals surface area contributed by atoms with Crippen molar-refractivity contribution in [2.24, 2.45) is 0 Å². The Hall–Kier alpha value is -1.91. The van der Waals surface area contributed by atoms with Gasteiger partial charge in [-0.05, 0) is 13.0 Å². The second-order valence-corrected chi connectivity index (χ2v) is 2.95. The molecule has 0 aromatic carbocycles. The fraction of sp³-hybridized carbons (Fsp3) is 0.364. The molecule has 5 nitrogen and oxygen atoms in total. The highest BCUT2D eigenvalue weighted by Crippen LogP contribution is 1.95. The number of allylic oxidation sites excluding steroid dienone is 2. The molecular formula is C11H14O5. The fourth-order valence-electron chi connectivity index (χ4n) is 0.750. The highest BCUT2D eigenvalue weighted by molar-refractivity contribution is 5.92. The molecule has 0 atom stereocenters. The van der Waals surface area contributed by atoms with Crippen LogP contribution in [0.1, 0.15) is 13.8 Å². The highest BCUT2D eigenvalue weighted by atomic mass is 16.5. The lowest BCUT2D eigenvalue weighted by Crippen LogP contribution is -2.08. The van der Waals surface area contributed by atoms with Gasteiger partial charge in [0.1, 0.15) is 0 Å². The van der Waals surface area contributed by atoms with Crippen LogP contribution in [0.15, 0.2) is 23.8 Å². The zero-order valence-electron chi connectivity index (χ0n) is 9.48. The van der Waals surface area contributed by atoms with Crippen LogP contribution in [0.4, 0.5) is 0 Å². The van der Waals surface area contributed by atoms with E-state index in [1.807, 2.05) is 0 Å². The first-order valence-electron chi connectivity index (χ1n) is 4.57.